The molecule has 3 rings (SSSR count). The highest BCUT2D eigenvalue weighted by molar-refractivity contribution is 7.92. The van der Waals surface area contributed by atoms with Crippen LogP contribution < -0.4 is 19.1 Å². The number of halogens is 2. The van der Waals surface area contributed by atoms with Gasteiger partial charge in [0.1, 0.15) is 25.8 Å². The zero-order valence-electron chi connectivity index (χ0n) is 22.8. The molecule has 0 spiro atoms. The van der Waals surface area contributed by atoms with Gasteiger partial charge in [-0.05, 0) is 58.4 Å². The number of rotatable bonds is 10. The summed E-state index contributed by atoms with van der Waals surface area (Å²) in [6.45, 7) is 8.87. The summed E-state index contributed by atoms with van der Waals surface area (Å²) in [6.07, 6.45) is 0.278. The van der Waals surface area contributed by atoms with E-state index < -0.39 is 34.1 Å². The highest BCUT2D eigenvalue weighted by atomic mass is 35.5. The van der Waals surface area contributed by atoms with Crippen LogP contribution in [0.2, 0.25) is 10.0 Å². The van der Waals surface area contributed by atoms with E-state index in [2.05, 4.69) is 5.32 Å². The molecule has 0 aliphatic carbocycles. The maximum atomic E-state index is 14.0. The smallest absolute Gasteiger partial charge is 0.244 e. The molecule has 1 aliphatic rings. The van der Waals surface area contributed by atoms with Gasteiger partial charge in [-0.25, -0.2) is 8.42 Å². The number of benzene rings is 2. The molecule has 0 fully saturated rings. The zero-order valence-corrected chi connectivity index (χ0v) is 25.1. The van der Waals surface area contributed by atoms with Crippen LogP contribution in [-0.2, 0) is 26.2 Å². The minimum atomic E-state index is -3.90. The van der Waals surface area contributed by atoms with Gasteiger partial charge >= 0.3 is 0 Å². The third-order valence-electron chi connectivity index (χ3n) is 6.07. The van der Waals surface area contributed by atoms with Crippen molar-refractivity contribution in [3.63, 3.8) is 0 Å². The van der Waals surface area contributed by atoms with E-state index in [9.17, 15) is 18.0 Å². The lowest BCUT2D eigenvalue weighted by Gasteiger charge is -2.35. The zero-order chi connectivity index (χ0) is 29.0. The second-order valence-corrected chi connectivity index (χ2v) is 13.1. The normalized spacial score (nSPS) is 13.9. The summed E-state index contributed by atoms with van der Waals surface area (Å²) in [6, 6.07) is 8.77. The molecular formula is C27H35Cl2N3O6S. The summed E-state index contributed by atoms with van der Waals surface area (Å²) in [4.78, 5) is 28.6. The van der Waals surface area contributed by atoms with Gasteiger partial charge < -0.3 is 19.7 Å². The van der Waals surface area contributed by atoms with Crippen molar-refractivity contribution in [1.29, 1.82) is 0 Å². The highest BCUT2D eigenvalue weighted by Gasteiger charge is 2.34. The topological polar surface area (TPSA) is 105 Å². The maximum absolute atomic E-state index is 14.0. The number of nitrogens with one attached hydrogen (secondary N) is 1. The van der Waals surface area contributed by atoms with Gasteiger partial charge in [-0.2, -0.15) is 0 Å². The fraction of sp³-hybridized carbons (Fsp3) is 0.481. The predicted octanol–water partition coefficient (Wildman–Crippen LogP) is 4.64. The van der Waals surface area contributed by atoms with Gasteiger partial charge in [0.05, 0.1) is 11.4 Å². The van der Waals surface area contributed by atoms with Crippen molar-refractivity contribution in [2.45, 2.75) is 59.2 Å². The van der Waals surface area contributed by atoms with Gasteiger partial charge in [-0.15, -0.1) is 0 Å². The second-order valence-electron chi connectivity index (χ2n) is 10.1. The first kappa shape index (κ1) is 30.8. The molecule has 39 heavy (non-hydrogen) atoms. The fourth-order valence-corrected chi connectivity index (χ4v) is 5.70. The SMILES string of the molecule is CC[C@H](C(=O)NC(C)(C)C)N(Cc1c(Cl)cccc1Cl)C(=O)CN(c1ccc2c(c1)OCCO2)S(=O)(=O)CC. The number of carbonyl (C=O) groups is 2. The van der Waals surface area contributed by atoms with Crippen LogP contribution in [0.4, 0.5) is 5.69 Å². The van der Waals surface area contributed by atoms with Crippen LogP contribution in [0.1, 0.15) is 46.6 Å². The third-order valence-corrected chi connectivity index (χ3v) is 8.52. The van der Waals surface area contributed by atoms with Gasteiger partial charge in [0, 0.05) is 33.8 Å². The first-order chi connectivity index (χ1) is 18.3. The van der Waals surface area contributed by atoms with E-state index in [1.807, 2.05) is 20.8 Å². The molecule has 1 atom stereocenters. The lowest BCUT2D eigenvalue weighted by Crippen LogP contribution is -2.55. The Bertz CT molecular complexity index is 1290. The summed E-state index contributed by atoms with van der Waals surface area (Å²) in [5.74, 6) is -0.324. The molecular weight excluding hydrogens is 565 g/mol. The molecule has 1 N–H and O–H groups in total. The number of nitrogens with zero attached hydrogens (tertiary/aromatic N) is 2. The Kier molecular flexibility index (Phi) is 10.0. The Morgan fingerprint density at radius 3 is 2.21 bits per heavy atom. The number of hydrogen-bond acceptors (Lipinski definition) is 6. The molecule has 1 aliphatic heterocycles. The van der Waals surface area contributed by atoms with E-state index >= 15 is 0 Å². The molecule has 2 aromatic carbocycles. The Morgan fingerprint density at radius 1 is 1.03 bits per heavy atom. The van der Waals surface area contributed by atoms with Crippen molar-refractivity contribution in [3.8, 4) is 11.5 Å². The summed E-state index contributed by atoms with van der Waals surface area (Å²) < 4.78 is 38.6. The molecule has 0 radical (unpaired) electrons. The Hall–Kier alpha value is -2.69. The lowest BCUT2D eigenvalue weighted by atomic mass is 10.1. The van der Waals surface area contributed by atoms with Crippen LogP contribution in [0.5, 0.6) is 11.5 Å². The van der Waals surface area contributed by atoms with Crippen LogP contribution >= 0.6 is 23.2 Å². The predicted molar refractivity (Wildman–Crippen MR) is 153 cm³/mol. The van der Waals surface area contributed by atoms with E-state index in [4.69, 9.17) is 32.7 Å². The van der Waals surface area contributed by atoms with Crippen LogP contribution in [-0.4, -0.2) is 62.2 Å². The summed E-state index contributed by atoms with van der Waals surface area (Å²) >= 11 is 12.8. The van der Waals surface area contributed by atoms with Gasteiger partial charge in [-0.1, -0.05) is 36.2 Å². The number of ether oxygens (including phenoxy) is 2. The monoisotopic (exact) mass is 599 g/mol. The first-order valence-electron chi connectivity index (χ1n) is 12.7. The molecule has 0 aromatic heterocycles. The Morgan fingerprint density at radius 2 is 1.64 bits per heavy atom. The minimum Gasteiger partial charge on any atom is -0.486 e. The maximum Gasteiger partial charge on any atom is 0.244 e. The van der Waals surface area contributed by atoms with Gasteiger partial charge in [-0.3, -0.25) is 13.9 Å². The van der Waals surface area contributed by atoms with Crippen molar-refractivity contribution in [2.75, 3.05) is 29.8 Å². The van der Waals surface area contributed by atoms with Crippen molar-refractivity contribution < 1.29 is 27.5 Å². The van der Waals surface area contributed by atoms with Crippen molar-refractivity contribution in [1.82, 2.24) is 10.2 Å². The number of amides is 2. The first-order valence-corrected chi connectivity index (χ1v) is 15.1. The molecule has 2 amide bonds. The summed E-state index contributed by atoms with van der Waals surface area (Å²) in [7, 11) is -3.90. The lowest BCUT2D eigenvalue weighted by molar-refractivity contribution is -0.141. The molecule has 0 saturated carbocycles. The highest BCUT2D eigenvalue weighted by Crippen LogP contribution is 2.35. The summed E-state index contributed by atoms with van der Waals surface area (Å²) in [5.41, 5.74) is 0.155. The van der Waals surface area contributed by atoms with E-state index in [0.717, 1.165) is 4.31 Å². The fourth-order valence-electron chi connectivity index (χ4n) is 4.13. The standard InChI is InChI=1S/C27H35Cl2N3O6S/c1-6-22(26(34)30-27(3,4)5)31(16-19-20(28)9-8-10-21(19)29)25(33)17-32(39(35,36)7-2)18-11-12-23-24(15-18)38-14-13-37-23/h8-12,15,22H,6-7,13-14,16-17H2,1-5H3,(H,30,34)/t22-/m1/s1. The molecule has 0 bridgehead atoms. The third kappa shape index (κ3) is 7.70. The number of hydrogen-bond donors (Lipinski definition) is 1. The molecule has 0 unspecified atom stereocenters. The number of sulfonamides is 1. The Balaban J connectivity index is 2.04. The van der Waals surface area contributed by atoms with E-state index in [-0.39, 0.29) is 30.3 Å². The van der Waals surface area contributed by atoms with E-state index in [1.165, 1.54) is 17.9 Å². The van der Waals surface area contributed by atoms with Crippen molar-refractivity contribution >= 4 is 50.7 Å². The largest absolute Gasteiger partial charge is 0.486 e. The average molecular weight is 601 g/mol. The van der Waals surface area contributed by atoms with Crippen molar-refractivity contribution in [2.24, 2.45) is 0 Å². The van der Waals surface area contributed by atoms with Crippen LogP contribution in [0.25, 0.3) is 0 Å². The molecule has 2 aromatic rings. The molecule has 1 heterocycles. The van der Waals surface area contributed by atoms with Crippen LogP contribution in [0.3, 0.4) is 0 Å². The van der Waals surface area contributed by atoms with Crippen LogP contribution in [0.15, 0.2) is 36.4 Å². The number of fused-ring (bicyclic) bond motifs is 1. The molecule has 0 saturated heterocycles. The van der Waals surface area contributed by atoms with E-state index in [1.54, 1.807) is 37.3 Å². The molecule has 214 valence electrons. The average Bonchev–Trinajstić information content (AvgIpc) is 2.87. The van der Waals surface area contributed by atoms with Gasteiger partial charge in [0.25, 0.3) is 0 Å². The van der Waals surface area contributed by atoms with E-state index in [0.29, 0.717) is 40.3 Å². The number of carbonyl (C=O) groups excluding carboxylic acids is 2. The van der Waals surface area contributed by atoms with Gasteiger partial charge in [0.2, 0.25) is 21.8 Å². The van der Waals surface area contributed by atoms with Crippen LogP contribution in [0, 0.1) is 0 Å². The van der Waals surface area contributed by atoms with Gasteiger partial charge in [0.15, 0.2) is 11.5 Å². The quantitative estimate of drug-likeness (QED) is 0.426. The Labute approximate surface area is 240 Å². The minimum absolute atomic E-state index is 0.0887. The molecule has 12 heteroatoms. The van der Waals surface area contributed by atoms with Crippen molar-refractivity contribution in [3.05, 3.63) is 52.0 Å². The number of anilines is 1. The second kappa shape index (κ2) is 12.7. The molecule has 9 nitrogen and oxygen atoms in total. The summed E-state index contributed by atoms with van der Waals surface area (Å²) in [5, 5.41) is 3.58.